The van der Waals surface area contributed by atoms with E-state index in [9.17, 15) is 13.2 Å². The molecular weight excluding hydrogens is 296 g/mol. The molecule has 21 heavy (non-hydrogen) atoms. The minimum Gasteiger partial charge on any atom is -0.464 e. The third-order valence-corrected chi connectivity index (χ3v) is 4.14. The van der Waals surface area contributed by atoms with Gasteiger partial charge in [0.2, 0.25) is 0 Å². The fourth-order valence-electron chi connectivity index (χ4n) is 1.72. The molecule has 0 amide bonds. The molecule has 0 bridgehead atoms. The number of aryl methyl sites for hydroxylation is 1. The summed E-state index contributed by atoms with van der Waals surface area (Å²) in [5.74, 6) is 0.854. The Hall–Kier alpha value is -2.13. The number of aromatic amines is 1. The van der Waals surface area contributed by atoms with Crippen molar-refractivity contribution in [2.45, 2.75) is 25.3 Å². The lowest BCUT2D eigenvalue weighted by atomic mass is 10.4. The van der Waals surface area contributed by atoms with Gasteiger partial charge in [0.1, 0.15) is 16.4 Å². The summed E-state index contributed by atoms with van der Waals surface area (Å²) in [6.07, 6.45) is 0. The molecule has 0 unspecified atom stereocenters. The molecule has 0 aromatic carbocycles. The van der Waals surface area contributed by atoms with E-state index >= 15 is 0 Å². The molecule has 0 aliphatic heterocycles. The van der Waals surface area contributed by atoms with Gasteiger partial charge in [0.15, 0.2) is 5.82 Å². The van der Waals surface area contributed by atoms with Gasteiger partial charge in [-0.2, -0.15) is 5.10 Å². The minimum atomic E-state index is -3.82. The smallest absolute Gasteiger partial charge is 0.266 e. The Bertz CT molecular complexity index is 758. The second-order valence-electron chi connectivity index (χ2n) is 4.33. The van der Waals surface area contributed by atoms with Crippen LogP contribution in [0.15, 0.2) is 32.3 Å². The summed E-state index contributed by atoms with van der Waals surface area (Å²) in [7, 11) is -3.82. The van der Waals surface area contributed by atoms with Crippen molar-refractivity contribution in [1.82, 2.24) is 15.5 Å². The molecular formula is C12H16N4O4S. The predicted molar refractivity (Wildman–Crippen MR) is 76.5 cm³/mol. The van der Waals surface area contributed by atoms with E-state index in [4.69, 9.17) is 4.42 Å². The lowest BCUT2D eigenvalue weighted by molar-refractivity contribution is 0.460. The highest BCUT2D eigenvalue weighted by Gasteiger charge is 2.22. The van der Waals surface area contributed by atoms with Gasteiger partial charge in [0.25, 0.3) is 15.6 Å². The summed E-state index contributed by atoms with van der Waals surface area (Å²) >= 11 is 0. The van der Waals surface area contributed by atoms with E-state index in [1.807, 2.05) is 6.92 Å². The number of H-pyrrole nitrogens is 1. The van der Waals surface area contributed by atoms with Crippen LogP contribution in [0.5, 0.6) is 0 Å². The third-order valence-electron chi connectivity index (χ3n) is 2.68. The molecule has 0 atom stereocenters. The zero-order valence-corrected chi connectivity index (χ0v) is 12.5. The van der Waals surface area contributed by atoms with E-state index in [2.05, 4.69) is 20.2 Å². The Morgan fingerprint density at radius 1 is 1.38 bits per heavy atom. The number of aromatic nitrogens is 2. The number of anilines is 1. The van der Waals surface area contributed by atoms with Crippen molar-refractivity contribution in [3.05, 3.63) is 40.1 Å². The number of sulfonamides is 1. The van der Waals surface area contributed by atoms with Crippen LogP contribution in [0.1, 0.15) is 18.4 Å². The fraction of sp³-hybridized carbons (Fsp3) is 0.333. The highest BCUT2D eigenvalue weighted by atomic mass is 32.2. The largest absolute Gasteiger partial charge is 0.464 e. The van der Waals surface area contributed by atoms with E-state index < -0.39 is 15.6 Å². The van der Waals surface area contributed by atoms with Gasteiger partial charge in [-0.15, -0.1) is 0 Å². The first kappa shape index (κ1) is 15.3. The Morgan fingerprint density at radius 3 is 2.76 bits per heavy atom. The highest BCUT2D eigenvalue weighted by molar-refractivity contribution is 7.92. The molecule has 2 aromatic rings. The lowest BCUT2D eigenvalue weighted by Crippen LogP contribution is -2.16. The Balaban J connectivity index is 2.24. The van der Waals surface area contributed by atoms with Crippen molar-refractivity contribution in [1.29, 1.82) is 0 Å². The normalized spacial score (nSPS) is 11.5. The molecule has 9 heteroatoms. The first-order valence-corrected chi connectivity index (χ1v) is 7.79. The van der Waals surface area contributed by atoms with E-state index in [0.29, 0.717) is 18.1 Å². The standard InChI is InChI=1S/C12H16N4O4S/c1-3-13-7-9-6-10(8(2)20-9)21(18,19)16-11-4-5-12(17)15-14-11/h4-6,13H,3,7H2,1-2H3,(H,14,16)(H,15,17). The van der Waals surface area contributed by atoms with Gasteiger partial charge in [-0.3, -0.25) is 9.52 Å². The quantitative estimate of drug-likeness (QED) is 0.718. The molecule has 0 spiro atoms. The van der Waals surface area contributed by atoms with Gasteiger partial charge in [-0.25, -0.2) is 13.5 Å². The average molecular weight is 312 g/mol. The maximum atomic E-state index is 12.3. The van der Waals surface area contributed by atoms with Crippen LogP contribution in [0.4, 0.5) is 5.82 Å². The zero-order chi connectivity index (χ0) is 15.5. The second kappa shape index (κ2) is 6.10. The molecule has 0 fully saturated rings. The molecule has 8 nitrogen and oxygen atoms in total. The van der Waals surface area contributed by atoms with Crippen LogP contribution >= 0.6 is 0 Å². The number of hydrogen-bond acceptors (Lipinski definition) is 6. The first-order chi connectivity index (χ1) is 9.92. The van der Waals surface area contributed by atoms with Crippen molar-refractivity contribution < 1.29 is 12.8 Å². The van der Waals surface area contributed by atoms with E-state index in [0.717, 1.165) is 6.54 Å². The highest BCUT2D eigenvalue weighted by Crippen LogP contribution is 2.21. The number of nitrogens with zero attached hydrogens (tertiary/aromatic N) is 1. The van der Waals surface area contributed by atoms with Gasteiger partial charge < -0.3 is 9.73 Å². The number of nitrogens with one attached hydrogen (secondary N) is 3. The summed E-state index contributed by atoms with van der Waals surface area (Å²) in [5.41, 5.74) is -0.412. The zero-order valence-electron chi connectivity index (χ0n) is 11.6. The van der Waals surface area contributed by atoms with Crippen LogP contribution in [0.25, 0.3) is 0 Å². The third kappa shape index (κ3) is 3.70. The van der Waals surface area contributed by atoms with Crippen molar-refractivity contribution in [2.75, 3.05) is 11.3 Å². The predicted octanol–water partition coefficient (Wildman–Crippen LogP) is 0.582. The second-order valence-corrected chi connectivity index (χ2v) is 5.98. The maximum Gasteiger partial charge on any atom is 0.266 e. The van der Waals surface area contributed by atoms with Crippen molar-refractivity contribution >= 4 is 15.8 Å². The van der Waals surface area contributed by atoms with Crippen LogP contribution < -0.4 is 15.6 Å². The first-order valence-electron chi connectivity index (χ1n) is 6.31. The van der Waals surface area contributed by atoms with Crippen molar-refractivity contribution in [3.8, 4) is 0 Å². The van der Waals surface area contributed by atoms with E-state index in [1.54, 1.807) is 6.92 Å². The van der Waals surface area contributed by atoms with Gasteiger partial charge in [0, 0.05) is 12.1 Å². The minimum absolute atomic E-state index is 0.0310. The van der Waals surface area contributed by atoms with Crippen LogP contribution in [-0.4, -0.2) is 25.2 Å². The maximum absolute atomic E-state index is 12.3. The SMILES string of the molecule is CCNCc1cc(S(=O)(=O)Nc2ccc(=O)[nH]n2)c(C)o1. The van der Waals surface area contributed by atoms with Crippen LogP contribution in [-0.2, 0) is 16.6 Å². The Labute approximate surface area is 121 Å². The number of furan rings is 1. The molecule has 0 radical (unpaired) electrons. The van der Waals surface area contributed by atoms with Gasteiger partial charge in [0.05, 0.1) is 6.54 Å². The number of rotatable bonds is 6. The average Bonchev–Trinajstić information content (AvgIpc) is 2.81. The molecule has 0 aliphatic rings. The summed E-state index contributed by atoms with van der Waals surface area (Å²) in [4.78, 5) is 10.9. The van der Waals surface area contributed by atoms with Gasteiger partial charge in [-0.1, -0.05) is 6.92 Å². The lowest BCUT2D eigenvalue weighted by Gasteiger charge is -2.04. The fourth-order valence-corrected chi connectivity index (χ4v) is 2.93. The Kier molecular flexibility index (Phi) is 4.43. The van der Waals surface area contributed by atoms with E-state index in [-0.39, 0.29) is 10.7 Å². The number of hydrogen-bond donors (Lipinski definition) is 3. The molecule has 2 aromatic heterocycles. The van der Waals surface area contributed by atoms with Crippen LogP contribution in [0, 0.1) is 6.92 Å². The van der Waals surface area contributed by atoms with Crippen LogP contribution in [0.3, 0.4) is 0 Å². The molecule has 0 aliphatic carbocycles. The monoisotopic (exact) mass is 312 g/mol. The summed E-state index contributed by atoms with van der Waals surface area (Å²) < 4.78 is 32.2. The van der Waals surface area contributed by atoms with Crippen LogP contribution in [0.2, 0.25) is 0 Å². The molecule has 2 rings (SSSR count). The molecule has 114 valence electrons. The van der Waals surface area contributed by atoms with E-state index in [1.165, 1.54) is 18.2 Å². The molecule has 3 N–H and O–H groups in total. The topological polar surface area (TPSA) is 117 Å². The van der Waals surface area contributed by atoms with Crippen molar-refractivity contribution in [2.24, 2.45) is 0 Å². The van der Waals surface area contributed by atoms with Crippen molar-refractivity contribution in [3.63, 3.8) is 0 Å². The van der Waals surface area contributed by atoms with Gasteiger partial charge >= 0.3 is 0 Å². The summed E-state index contributed by atoms with van der Waals surface area (Å²) in [5, 5.41) is 8.81. The molecule has 0 saturated heterocycles. The summed E-state index contributed by atoms with van der Waals surface area (Å²) in [6, 6.07) is 3.93. The summed E-state index contributed by atoms with van der Waals surface area (Å²) in [6.45, 7) is 4.71. The Morgan fingerprint density at radius 2 is 2.14 bits per heavy atom. The van der Waals surface area contributed by atoms with Gasteiger partial charge in [-0.05, 0) is 19.5 Å². The molecule has 2 heterocycles. The molecule has 0 saturated carbocycles.